The van der Waals surface area contributed by atoms with Crippen molar-refractivity contribution in [3.8, 4) is 5.95 Å². The van der Waals surface area contributed by atoms with E-state index in [2.05, 4.69) is 25.7 Å². The third-order valence-electron chi connectivity index (χ3n) is 5.35. The van der Waals surface area contributed by atoms with Crippen LogP contribution in [0, 0.1) is 11.6 Å². The first kappa shape index (κ1) is 19.9. The van der Waals surface area contributed by atoms with Gasteiger partial charge in [0.1, 0.15) is 23.3 Å². The molecule has 32 heavy (non-hydrogen) atoms. The van der Waals surface area contributed by atoms with Crippen molar-refractivity contribution < 1.29 is 13.6 Å². The van der Waals surface area contributed by atoms with Crippen LogP contribution in [0.15, 0.2) is 42.6 Å². The fourth-order valence-electron chi connectivity index (χ4n) is 3.86. The average molecular weight is 435 g/mol. The Bertz CT molecular complexity index is 1350. The number of amides is 1. The van der Waals surface area contributed by atoms with Gasteiger partial charge in [-0.15, -0.1) is 0 Å². The molecule has 8 nitrogen and oxygen atoms in total. The molecule has 2 aromatic carbocycles. The summed E-state index contributed by atoms with van der Waals surface area (Å²) in [5.74, 6) is -0.245. The van der Waals surface area contributed by atoms with E-state index in [9.17, 15) is 13.6 Å². The van der Waals surface area contributed by atoms with Crippen molar-refractivity contribution in [2.45, 2.75) is 19.4 Å². The Morgan fingerprint density at radius 3 is 2.88 bits per heavy atom. The highest BCUT2D eigenvalue weighted by Crippen LogP contribution is 2.29. The standard InChI is InChI=1S/C22H19F2N7O/c23-13-4-1-3-12(7-13)10-27-21-15-5-2-6-26-20(15)29-22(30-21)31-18-9-14(24)8-16(19(25)32)17(18)11-28-31/h1,3-4,7-9,11H,2,5-6,10H2,(H2,25,32)(H2,26,27,29,30). The lowest BCUT2D eigenvalue weighted by Crippen LogP contribution is -2.19. The Labute approximate surface area is 181 Å². The number of nitrogens with two attached hydrogens (primary N) is 1. The molecule has 0 saturated heterocycles. The monoisotopic (exact) mass is 435 g/mol. The number of primary amides is 1. The minimum absolute atomic E-state index is 0.0341. The van der Waals surface area contributed by atoms with Crippen LogP contribution in [0.25, 0.3) is 16.9 Å². The molecule has 1 aliphatic heterocycles. The van der Waals surface area contributed by atoms with Crippen molar-refractivity contribution in [1.29, 1.82) is 0 Å². The number of fused-ring (bicyclic) bond motifs is 2. The molecular formula is C22H19F2N7O. The van der Waals surface area contributed by atoms with E-state index in [0.717, 1.165) is 36.6 Å². The second kappa shape index (κ2) is 7.88. The first-order chi connectivity index (χ1) is 15.5. The second-order valence-corrected chi connectivity index (χ2v) is 7.52. The highest BCUT2D eigenvalue weighted by Gasteiger charge is 2.21. The van der Waals surface area contributed by atoms with Gasteiger partial charge >= 0.3 is 0 Å². The zero-order valence-corrected chi connectivity index (χ0v) is 16.9. The van der Waals surface area contributed by atoms with Crippen LogP contribution in [0.4, 0.5) is 20.4 Å². The number of nitrogens with zero attached hydrogens (tertiary/aromatic N) is 4. The molecule has 3 heterocycles. The number of anilines is 2. The quantitative estimate of drug-likeness (QED) is 0.444. The van der Waals surface area contributed by atoms with Crippen LogP contribution in [-0.2, 0) is 13.0 Å². The van der Waals surface area contributed by atoms with Crippen LogP contribution in [0.3, 0.4) is 0 Å². The highest BCUT2D eigenvalue weighted by molar-refractivity contribution is 6.05. The van der Waals surface area contributed by atoms with Crippen LogP contribution >= 0.6 is 0 Å². The number of carbonyl (C=O) groups excluding carboxylic acids is 1. The molecule has 10 heteroatoms. The molecule has 0 spiro atoms. The van der Waals surface area contributed by atoms with Gasteiger partial charge in [0.25, 0.3) is 5.95 Å². The van der Waals surface area contributed by atoms with Crippen molar-refractivity contribution in [3.63, 3.8) is 0 Å². The molecule has 0 fully saturated rings. The fourth-order valence-corrected chi connectivity index (χ4v) is 3.86. The largest absolute Gasteiger partial charge is 0.370 e. The van der Waals surface area contributed by atoms with E-state index in [1.54, 1.807) is 6.07 Å². The third kappa shape index (κ3) is 3.59. The van der Waals surface area contributed by atoms with Gasteiger partial charge in [0.15, 0.2) is 0 Å². The Balaban J connectivity index is 1.59. The minimum Gasteiger partial charge on any atom is -0.370 e. The number of nitrogens with one attached hydrogen (secondary N) is 2. The second-order valence-electron chi connectivity index (χ2n) is 7.52. The number of benzene rings is 2. The minimum atomic E-state index is -0.750. The number of carbonyl (C=O) groups is 1. The highest BCUT2D eigenvalue weighted by atomic mass is 19.1. The van der Waals surface area contributed by atoms with Crippen LogP contribution < -0.4 is 16.4 Å². The molecule has 4 N–H and O–H groups in total. The van der Waals surface area contributed by atoms with E-state index in [1.165, 1.54) is 29.1 Å². The third-order valence-corrected chi connectivity index (χ3v) is 5.35. The summed E-state index contributed by atoms with van der Waals surface area (Å²) in [7, 11) is 0. The van der Waals surface area contributed by atoms with Gasteiger partial charge in [-0.1, -0.05) is 12.1 Å². The predicted octanol–water partition coefficient (Wildman–Crippen LogP) is 3.16. The number of halogens is 2. The summed E-state index contributed by atoms with van der Waals surface area (Å²) in [6.07, 6.45) is 3.13. The van der Waals surface area contributed by atoms with Gasteiger partial charge in [-0.3, -0.25) is 4.79 Å². The molecule has 0 aliphatic carbocycles. The lowest BCUT2D eigenvalue weighted by Gasteiger charge is -2.21. The molecule has 0 bridgehead atoms. The summed E-state index contributed by atoms with van der Waals surface area (Å²) in [6, 6.07) is 8.64. The summed E-state index contributed by atoms with van der Waals surface area (Å²) < 4.78 is 29.1. The SMILES string of the molecule is NC(=O)c1cc(F)cc2c1cnn2-c1nc2c(c(NCc3cccc(F)c3)n1)CCCN2. The number of aromatic nitrogens is 4. The molecule has 2 aromatic heterocycles. The van der Waals surface area contributed by atoms with E-state index < -0.39 is 11.7 Å². The smallest absolute Gasteiger partial charge is 0.255 e. The van der Waals surface area contributed by atoms with E-state index >= 15 is 0 Å². The normalized spacial score (nSPS) is 12.9. The van der Waals surface area contributed by atoms with Crippen LogP contribution in [0.1, 0.15) is 27.9 Å². The molecule has 0 unspecified atom stereocenters. The zero-order chi connectivity index (χ0) is 22.2. The maximum absolute atomic E-state index is 14.2. The van der Waals surface area contributed by atoms with Gasteiger partial charge in [0.05, 0.1) is 17.3 Å². The topological polar surface area (TPSA) is 111 Å². The van der Waals surface area contributed by atoms with Crippen molar-refractivity contribution >= 4 is 28.4 Å². The Morgan fingerprint density at radius 1 is 1.19 bits per heavy atom. The van der Waals surface area contributed by atoms with Crippen molar-refractivity contribution in [1.82, 2.24) is 19.7 Å². The Morgan fingerprint density at radius 2 is 2.06 bits per heavy atom. The van der Waals surface area contributed by atoms with E-state index in [1.807, 2.05) is 6.07 Å². The number of hydrogen-bond donors (Lipinski definition) is 3. The first-order valence-electron chi connectivity index (χ1n) is 10.1. The molecule has 0 atom stereocenters. The van der Waals surface area contributed by atoms with Crippen LogP contribution in [-0.4, -0.2) is 32.2 Å². The van der Waals surface area contributed by atoms with Crippen LogP contribution in [0.5, 0.6) is 0 Å². The molecule has 0 radical (unpaired) electrons. The number of hydrogen-bond acceptors (Lipinski definition) is 6. The van der Waals surface area contributed by atoms with E-state index in [-0.39, 0.29) is 17.3 Å². The Kier molecular flexibility index (Phi) is 4.89. The molecule has 162 valence electrons. The molecule has 4 aromatic rings. The van der Waals surface area contributed by atoms with Crippen molar-refractivity contribution in [2.75, 3.05) is 17.2 Å². The lowest BCUT2D eigenvalue weighted by molar-refractivity contribution is 0.100. The summed E-state index contributed by atoms with van der Waals surface area (Å²) in [5.41, 5.74) is 7.43. The van der Waals surface area contributed by atoms with E-state index in [0.29, 0.717) is 29.1 Å². The lowest BCUT2D eigenvalue weighted by atomic mass is 10.1. The maximum atomic E-state index is 14.2. The Hall–Kier alpha value is -4.08. The fraction of sp³-hybridized carbons (Fsp3) is 0.182. The van der Waals surface area contributed by atoms with Gasteiger partial charge in [0, 0.05) is 30.1 Å². The van der Waals surface area contributed by atoms with Crippen molar-refractivity contribution in [3.05, 3.63) is 70.9 Å². The van der Waals surface area contributed by atoms with E-state index in [4.69, 9.17) is 5.73 Å². The van der Waals surface area contributed by atoms with Crippen molar-refractivity contribution in [2.24, 2.45) is 5.73 Å². The average Bonchev–Trinajstić information content (AvgIpc) is 3.20. The molecule has 5 rings (SSSR count). The summed E-state index contributed by atoms with van der Waals surface area (Å²) in [6.45, 7) is 1.12. The molecular weight excluding hydrogens is 416 g/mol. The summed E-state index contributed by atoms with van der Waals surface area (Å²) in [5, 5.41) is 11.2. The first-order valence-corrected chi connectivity index (χ1v) is 10.1. The van der Waals surface area contributed by atoms with Gasteiger partial charge in [0.2, 0.25) is 5.91 Å². The van der Waals surface area contributed by atoms with Gasteiger partial charge in [-0.2, -0.15) is 19.7 Å². The predicted molar refractivity (Wildman–Crippen MR) is 116 cm³/mol. The number of rotatable bonds is 5. The maximum Gasteiger partial charge on any atom is 0.255 e. The van der Waals surface area contributed by atoms with Gasteiger partial charge in [-0.25, -0.2) is 8.78 Å². The molecule has 0 saturated carbocycles. The van der Waals surface area contributed by atoms with Crippen LogP contribution in [0.2, 0.25) is 0 Å². The molecule has 1 amide bonds. The molecule has 1 aliphatic rings. The summed E-state index contributed by atoms with van der Waals surface area (Å²) >= 11 is 0. The summed E-state index contributed by atoms with van der Waals surface area (Å²) in [4.78, 5) is 20.9. The zero-order valence-electron chi connectivity index (χ0n) is 16.9. The van der Waals surface area contributed by atoms with Gasteiger partial charge < -0.3 is 16.4 Å². The van der Waals surface area contributed by atoms with Gasteiger partial charge in [-0.05, 0) is 36.6 Å².